The van der Waals surface area contributed by atoms with E-state index in [9.17, 15) is 0 Å². The molecule has 0 atom stereocenters. The molecule has 0 saturated carbocycles. The molecule has 7 heteroatoms. The van der Waals surface area contributed by atoms with Crippen LogP contribution in [-0.4, -0.2) is 27.7 Å². The summed E-state index contributed by atoms with van der Waals surface area (Å²) in [5, 5.41) is 12.0. The lowest BCUT2D eigenvalue weighted by Gasteiger charge is -2.05. The quantitative estimate of drug-likeness (QED) is 0.513. The Kier molecular flexibility index (Phi) is 5.63. The summed E-state index contributed by atoms with van der Waals surface area (Å²) in [5.74, 6) is 1.40. The number of ether oxygens (including phenoxy) is 1. The van der Waals surface area contributed by atoms with Crippen LogP contribution in [0, 0.1) is 4.77 Å². The van der Waals surface area contributed by atoms with Crippen LogP contribution in [0.1, 0.15) is 23.9 Å². The molecule has 3 rings (SSSR count). The molecule has 0 amide bonds. The molecule has 0 spiro atoms. The Hall–Kier alpha value is -2.44. The minimum atomic E-state index is 0.444. The van der Waals surface area contributed by atoms with Crippen molar-refractivity contribution < 1.29 is 4.74 Å². The molecule has 5 nitrogen and oxygen atoms in total. The van der Waals surface area contributed by atoms with E-state index in [1.807, 2.05) is 49.4 Å². The highest BCUT2D eigenvalue weighted by atomic mass is 35.5. The maximum absolute atomic E-state index is 6.21. The molecule has 0 radical (unpaired) electrons. The molecule has 25 heavy (non-hydrogen) atoms. The second-order valence-corrected chi connectivity index (χ2v) is 6.08. The zero-order chi connectivity index (χ0) is 17.6. The van der Waals surface area contributed by atoms with Crippen molar-refractivity contribution in [2.75, 3.05) is 6.61 Å². The zero-order valence-corrected chi connectivity index (χ0v) is 15.2. The standard InChI is InChI=1S/C18H17ClN4OS/c1-2-24-16-9-8-14(10-15(16)19)12-20-23-17(21-22-18(23)25)11-13-6-4-3-5-7-13/h3-10,12H,2,11H2,1H3,(H,22,25)/b20-12-. The first-order chi connectivity index (χ1) is 12.2. The molecule has 1 aromatic heterocycles. The number of aromatic nitrogens is 3. The Morgan fingerprint density at radius 3 is 2.80 bits per heavy atom. The van der Waals surface area contributed by atoms with Crippen molar-refractivity contribution in [1.82, 2.24) is 14.9 Å². The summed E-state index contributed by atoms with van der Waals surface area (Å²) in [4.78, 5) is 0. The number of hydrogen-bond acceptors (Lipinski definition) is 4. The van der Waals surface area contributed by atoms with Crippen LogP contribution in [0.15, 0.2) is 53.6 Å². The first-order valence-corrected chi connectivity index (χ1v) is 8.63. The van der Waals surface area contributed by atoms with Crippen molar-refractivity contribution >= 4 is 30.0 Å². The highest BCUT2D eigenvalue weighted by molar-refractivity contribution is 7.71. The van der Waals surface area contributed by atoms with Gasteiger partial charge in [-0.15, -0.1) is 0 Å². The predicted octanol–water partition coefficient (Wildman–Crippen LogP) is 4.47. The second-order valence-electron chi connectivity index (χ2n) is 5.29. The highest BCUT2D eigenvalue weighted by Crippen LogP contribution is 2.24. The van der Waals surface area contributed by atoms with Crippen molar-refractivity contribution in [3.63, 3.8) is 0 Å². The van der Waals surface area contributed by atoms with Crippen LogP contribution in [0.2, 0.25) is 5.02 Å². The summed E-state index contributed by atoms with van der Waals surface area (Å²) >= 11 is 11.5. The molecular formula is C18H17ClN4OS. The molecule has 0 saturated heterocycles. The topological polar surface area (TPSA) is 55.2 Å². The number of hydrogen-bond donors (Lipinski definition) is 1. The van der Waals surface area contributed by atoms with Crippen molar-refractivity contribution in [1.29, 1.82) is 0 Å². The van der Waals surface area contributed by atoms with E-state index in [0.717, 1.165) is 17.0 Å². The van der Waals surface area contributed by atoms with Crippen LogP contribution in [0.4, 0.5) is 0 Å². The van der Waals surface area contributed by atoms with Gasteiger partial charge in [-0.3, -0.25) is 5.10 Å². The molecule has 0 bridgehead atoms. The maximum atomic E-state index is 6.21. The smallest absolute Gasteiger partial charge is 0.216 e. The van der Waals surface area contributed by atoms with Gasteiger partial charge in [0.15, 0.2) is 5.82 Å². The van der Waals surface area contributed by atoms with Crippen LogP contribution >= 0.6 is 23.8 Å². The van der Waals surface area contributed by atoms with Gasteiger partial charge in [-0.05, 0) is 48.5 Å². The molecule has 1 N–H and O–H groups in total. The first-order valence-electron chi connectivity index (χ1n) is 7.84. The molecule has 2 aromatic carbocycles. The number of aromatic amines is 1. The van der Waals surface area contributed by atoms with Crippen molar-refractivity contribution in [2.45, 2.75) is 13.3 Å². The predicted molar refractivity (Wildman–Crippen MR) is 102 cm³/mol. The summed E-state index contributed by atoms with van der Waals surface area (Å²) in [6.45, 7) is 2.49. The van der Waals surface area contributed by atoms with Gasteiger partial charge in [0.1, 0.15) is 5.75 Å². The van der Waals surface area contributed by atoms with Crippen molar-refractivity contribution in [2.24, 2.45) is 5.10 Å². The number of nitrogens with one attached hydrogen (secondary N) is 1. The molecular weight excluding hydrogens is 356 g/mol. The third kappa shape index (κ3) is 4.35. The van der Waals surface area contributed by atoms with E-state index in [4.69, 9.17) is 28.6 Å². The lowest BCUT2D eigenvalue weighted by molar-refractivity contribution is 0.340. The molecule has 0 aliphatic rings. The largest absolute Gasteiger partial charge is 0.492 e. The van der Waals surface area contributed by atoms with E-state index in [-0.39, 0.29) is 0 Å². The molecule has 0 aliphatic heterocycles. The third-order valence-electron chi connectivity index (χ3n) is 3.50. The summed E-state index contributed by atoms with van der Waals surface area (Å²) < 4.78 is 7.49. The minimum Gasteiger partial charge on any atom is -0.492 e. The molecule has 1 heterocycles. The maximum Gasteiger partial charge on any atom is 0.216 e. The van der Waals surface area contributed by atoms with Gasteiger partial charge in [0.2, 0.25) is 4.77 Å². The Morgan fingerprint density at radius 1 is 1.28 bits per heavy atom. The first kappa shape index (κ1) is 17.4. The average molecular weight is 373 g/mol. The molecule has 0 fully saturated rings. The van der Waals surface area contributed by atoms with Gasteiger partial charge in [-0.25, -0.2) is 0 Å². The Labute approximate surface area is 155 Å². The Morgan fingerprint density at radius 2 is 2.08 bits per heavy atom. The van der Waals surface area contributed by atoms with Gasteiger partial charge in [-0.2, -0.15) is 14.9 Å². The van der Waals surface area contributed by atoms with E-state index in [1.165, 1.54) is 0 Å². The number of benzene rings is 2. The number of H-pyrrole nitrogens is 1. The fourth-order valence-electron chi connectivity index (χ4n) is 2.33. The molecule has 0 aliphatic carbocycles. The summed E-state index contributed by atoms with van der Waals surface area (Å²) in [5.41, 5.74) is 1.99. The van der Waals surface area contributed by atoms with E-state index < -0.39 is 0 Å². The van der Waals surface area contributed by atoms with Crippen LogP contribution < -0.4 is 4.74 Å². The normalized spacial score (nSPS) is 11.1. The fraction of sp³-hybridized carbons (Fsp3) is 0.167. The number of rotatable bonds is 6. The lowest BCUT2D eigenvalue weighted by Crippen LogP contribution is -2.00. The van der Waals surface area contributed by atoms with Crippen LogP contribution in [-0.2, 0) is 6.42 Å². The van der Waals surface area contributed by atoms with Crippen molar-refractivity contribution in [3.05, 3.63) is 75.3 Å². The minimum absolute atomic E-state index is 0.444. The molecule has 3 aromatic rings. The third-order valence-corrected chi connectivity index (χ3v) is 4.06. The van der Waals surface area contributed by atoms with E-state index in [0.29, 0.717) is 28.6 Å². The zero-order valence-electron chi connectivity index (χ0n) is 13.6. The van der Waals surface area contributed by atoms with Crippen molar-refractivity contribution in [3.8, 4) is 5.75 Å². The van der Waals surface area contributed by atoms with E-state index in [2.05, 4.69) is 15.3 Å². The summed E-state index contributed by atoms with van der Waals surface area (Å²) in [6.07, 6.45) is 2.33. The Bertz CT molecular complexity index is 934. The molecule has 0 unspecified atom stereocenters. The summed E-state index contributed by atoms with van der Waals surface area (Å²) in [6, 6.07) is 15.6. The SMILES string of the molecule is CCOc1ccc(/C=N\n2c(Cc3ccccc3)n[nH]c2=S)cc1Cl. The van der Waals surface area contributed by atoms with E-state index in [1.54, 1.807) is 17.0 Å². The van der Waals surface area contributed by atoms with Gasteiger partial charge >= 0.3 is 0 Å². The fourth-order valence-corrected chi connectivity index (χ4v) is 2.77. The highest BCUT2D eigenvalue weighted by Gasteiger charge is 2.06. The van der Waals surface area contributed by atoms with Crippen LogP contribution in [0.5, 0.6) is 5.75 Å². The van der Waals surface area contributed by atoms with Gasteiger partial charge in [0.05, 0.1) is 17.8 Å². The van der Waals surface area contributed by atoms with Gasteiger partial charge in [-0.1, -0.05) is 41.9 Å². The van der Waals surface area contributed by atoms with E-state index >= 15 is 0 Å². The van der Waals surface area contributed by atoms with Gasteiger partial charge < -0.3 is 4.74 Å². The number of halogens is 1. The number of nitrogens with zero attached hydrogens (tertiary/aromatic N) is 3. The van der Waals surface area contributed by atoms with Gasteiger partial charge in [0.25, 0.3) is 0 Å². The van der Waals surface area contributed by atoms with Gasteiger partial charge in [0, 0.05) is 6.42 Å². The summed E-state index contributed by atoms with van der Waals surface area (Å²) in [7, 11) is 0. The average Bonchev–Trinajstić information content (AvgIpc) is 2.96. The van der Waals surface area contributed by atoms with Crippen LogP contribution in [0.3, 0.4) is 0 Å². The Balaban J connectivity index is 1.83. The monoisotopic (exact) mass is 372 g/mol. The lowest BCUT2D eigenvalue weighted by atomic mass is 10.1. The molecule has 128 valence electrons. The van der Waals surface area contributed by atoms with Crippen LogP contribution in [0.25, 0.3) is 0 Å². The second kappa shape index (κ2) is 8.09.